The smallest absolute Gasteiger partial charge is 0.310 e. The Labute approximate surface area is 83.1 Å². The molecule has 0 aromatic rings. The van der Waals surface area contributed by atoms with Gasteiger partial charge in [0.1, 0.15) is 0 Å². The predicted molar refractivity (Wildman–Crippen MR) is 47.3 cm³/mol. The highest BCUT2D eigenvalue weighted by atomic mass is 16.8. The molecule has 0 radical (unpaired) electrons. The fourth-order valence-electron chi connectivity index (χ4n) is 0.491. The summed E-state index contributed by atoms with van der Waals surface area (Å²) in [6.45, 7) is 1.85. The highest BCUT2D eigenvalue weighted by Gasteiger charge is 1.97. The number of ether oxygens (including phenoxy) is 4. The number of carbonyl (C=O) groups is 2. The first-order valence-corrected chi connectivity index (χ1v) is 3.75. The van der Waals surface area contributed by atoms with Crippen molar-refractivity contribution in [3.8, 4) is 0 Å². The van der Waals surface area contributed by atoms with Gasteiger partial charge in [0.15, 0.2) is 0 Å². The van der Waals surface area contributed by atoms with Crippen LogP contribution >= 0.6 is 0 Å². The molecule has 0 aliphatic carbocycles. The summed E-state index contributed by atoms with van der Waals surface area (Å²) in [5.74, 6) is -1.12. The van der Waals surface area contributed by atoms with Crippen molar-refractivity contribution >= 4 is 11.9 Å². The van der Waals surface area contributed by atoms with Gasteiger partial charge in [-0.05, 0) is 0 Å². The first-order chi connectivity index (χ1) is 6.47. The number of carbonyl (C=O) groups excluding carboxylic acids is 2. The molecule has 0 aliphatic rings. The molecule has 0 aliphatic heterocycles. The number of rotatable bonds is 3. The third-order valence-corrected chi connectivity index (χ3v) is 0.865. The maximum Gasteiger partial charge on any atom is 0.310 e. The van der Waals surface area contributed by atoms with Gasteiger partial charge in [0.2, 0.25) is 0 Å². The summed E-state index contributed by atoms with van der Waals surface area (Å²) >= 11 is 0. The summed E-state index contributed by atoms with van der Waals surface area (Å²) in [5, 5.41) is 0. The van der Waals surface area contributed by atoms with Crippen molar-refractivity contribution in [3.05, 3.63) is 0 Å². The van der Waals surface area contributed by atoms with Gasteiger partial charge in [-0.15, -0.1) is 0 Å². The van der Waals surface area contributed by atoms with E-state index in [0.717, 1.165) is 0 Å². The predicted octanol–water partition coefficient (Wildman–Crippen LogP) is 0.305. The third-order valence-electron chi connectivity index (χ3n) is 0.865. The van der Waals surface area contributed by atoms with Crippen LogP contribution in [0.3, 0.4) is 0 Å². The maximum atomic E-state index is 9.81. The second-order valence-corrected chi connectivity index (χ2v) is 2.08. The average molecular weight is 208 g/mol. The van der Waals surface area contributed by atoms with Crippen molar-refractivity contribution in [2.24, 2.45) is 0 Å². The number of esters is 2. The first kappa shape index (κ1) is 15.5. The number of hydrogen-bond acceptors (Lipinski definition) is 6. The molecule has 0 spiro atoms. The Balaban J connectivity index is 0. The molecule has 0 heterocycles. The number of hydrogen-bond donors (Lipinski definition) is 0. The van der Waals surface area contributed by atoms with Gasteiger partial charge in [-0.1, -0.05) is 0 Å². The fraction of sp³-hybridized carbons (Fsp3) is 0.750. The van der Waals surface area contributed by atoms with Gasteiger partial charge in [-0.2, -0.15) is 0 Å². The zero-order valence-corrected chi connectivity index (χ0v) is 9.03. The second-order valence-electron chi connectivity index (χ2n) is 2.08. The summed E-state index contributed by atoms with van der Waals surface area (Å²) in [5.41, 5.74) is 0. The third kappa shape index (κ3) is 13.6. The average Bonchev–Trinajstić information content (AvgIpc) is 2.06. The molecule has 0 atom stereocenters. The van der Waals surface area contributed by atoms with Gasteiger partial charge < -0.3 is 18.9 Å². The van der Waals surface area contributed by atoms with Crippen LogP contribution < -0.4 is 0 Å². The molecule has 84 valence electrons. The zero-order chi connectivity index (χ0) is 11.6. The Morgan fingerprint density at radius 1 is 0.857 bits per heavy atom. The molecule has 6 nitrogen and oxygen atoms in total. The van der Waals surface area contributed by atoms with Gasteiger partial charge in [-0.25, -0.2) is 0 Å². The Bertz CT molecular complexity index is 146. The first-order valence-electron chi connectivity index (χ1n) is 3.75. The van der Waals surface area contributed by atoms with Crippen LogP contribution in [0.1, 0.15) is 13.8 Å². The van der Waals surface area contributed by atoms with Crippen molar-refractivity contribution < 1.29 is 28.5 Å². The summed E-state index contributed by atoms with van der Waals surface area (Å²) in [6.07, 6.45) is 0. The van der Waals surface area contributed by atoms with Crippen LogP contribution in [0, 0.1) is 0 Å². The lowest BCUT2D eigenvalue weighted by Crippen LogP contribution is -2.14. The molecule has 0 unspecified atom stereocenters. The Morgan fingerprint density at radius 3 is 1.14 bits per heavy atom. The van der Waals surface area contributed by atoms with Crippen molar-refractivity contribution in [3.63, 3.8) is 0 Å². The van der Waals surface area contributed by atoms with E-state index in [-0.39, 0.29) is 0 Å². The monoisotopic (exact) mass is 208 g/mol. The largest absolute Gasteiger partial charge is 0.394 e. The van der Waals surface area contributed by atoms with Crippen LogP contribution in [0.5, 0.6) is 0 Å². The highest BCUT2D eigenvalue weighted by Crippen LogP contribution is 1.87. The molecule has 0 saturated carbocycles. The molecule has 0 N–H and O–H groups in total. The van der Waals surface area contributed by atoms with Crippen LogP contribution in [-0.2, 0) is 28.5 Å². The summed E-state index contributed by atoms with van der Waals surface area (Å²) in [7, 11) is 4.53. The molecule has 6 heteroatoms. The van der Waals surface area contributed by atoms with Gasteiger partial charge in [-0.3, -0.25) is 9.59 Å². The lowest BCUT2D eigenvalue weighted by Gasteiger charge is -2.08. The zero-order valence-electron chi connectivity index (χ0n) is 9.03. The summed E-state index contributed by atoms with van der Waals surface area (Å²) < 4.78 is 17.8. The summed E-state index contributed by atoms with van der Waals surface area (Å²) in [4.78, 5) is 19.6. The Hall–Kier alpha value is -0.980. The standard InChI is InChI=1S/C4H10O3.C4H6O3/c1-5-4(6-2)7-3;1-3(5)7-4(2)6/h4H,1-3H3;1-2H3. The number of methoxy groups -OCH3 is 3. The maximum absolute atomic E-state index is 9.81. The molecule has 0 amide bonds. The molecule has 0 aromatic carbocycles. The van der Waals surface area contributed by atoms with E-state index >= 15 is 0 Å². The molecule has 0 bridgehead atoms. The van der Waals surface area contributed by atoms with Crippen LogP contribution in [0.25, 0.3) is 0 Å². The van der Waals surface area contributed by atoms with E-state index in [9.17, 15) is 9.59 Å². The minimum atomic E-state index is -0.562. The van der Waals surface area contributed by atoms with E-state index < -0.39 is 18.4 Å². The van der Waals surface area contributed by atoms with Crippen molar-refractivity contribution in [1.29, 1.82) is 0 Å². The van der Waals surface area contributed by atoms with Gasteiger partial charge in [0.05, 0.1) is 0 Å². The van der Waals surface area contributed by atoms with E-state index in [4.69, 9.17) is 0 Å². The Morgan fingerprint density at radius 2 is 1.14 bits per heavy atom. The van der Waals surface area contributed by atoms with Crippen molar-refractivity contribution in [2.45, 2.75) is 20.3 Å². The summed E-state index contributed by atoms with van der Waals surface area (Å²) in [6, 6.07) is 0. The topological polar surface area (TPSA) is 71.1 Å². The molecular formula is C8H16O6. The molecule has 14 heavy (non-hydrogen) atoms. The van der Waals surface area contributed by atoms with Crippen LogP contribution in [0.2, 0.25) is 0 Å². The molecule has 0 fully saturated rings. The molecular weight excluding hydrogens is 192 g/mol. The fourth-order valence-corrected chi connectivity index (χ4v) is 0.491. The molecule has 0 rings (SSSR count). The quantitative estimate of drug-likeness (QED) is 0.377. The van der Waals surface area contributed by atoms with Crippen LogP contribution in [-0.4, -0.2) is 39.7 Å². The normalized spacial score (nSPS) is 9.00. The Kier molecular flexibility index (Phi) is 11.2. The molecule has 0 aromatic heterocycles. The van der Waals surface area contributed by atoms with Crippen molar-refractivity contribution in [1.82, 2.24) is 0 Å². The van der Waals surface area contributed by atoms with Crippen LogP contribution in [0.15, 0.2) is 0 Å². The minimum absolute atomic E-state index is 0.514. The SMILES string of the molecule is CC(=O)OC(C)=O.COC(OC)OC. The van der Waals surface area contributed by atoms with Gasteiger partial charge >= 0.3 is 11.9 Å². The molecule has 0 saturated heterocycles. The lowest BCUT2D eigenvalue weighted by atomic mass is 10.7. The van der Waals surface area contributed by atoms with Crippen LogP contribution in [0.4, 0.5) is 0 Å². The van der Waals surface area contributed by atoms with E-state index in [1.54, 1.807) is 0 Å². The van der Waals surface area contributed by atoms with E-state index in [1.807, 2.05) is 0 Å². The van der Waals surface area contributed by atoms with E-state index in [0.29, 0.717) is 0 Å². The minimum Gasteiger partial charge on any atom is -0.394 e. The lowest BCUT2D eigenvalue weighted by molar-refractivity contribution is -0.252. The van der Waals surface area contributed by atoms with Crippen molar-refractivity contribution in [2.75, 3.05) is 21.3 Å². The highest BCUT2D eigenvalue weighted by molar-refractivity contribution is 5.82. The van der Waals surface area contributed by atoms with E-state index in [2.05, 4.69) is 18.9 Å². The van der Waals surface area contributed by atoms with Gasteiger partial charge in [0, 0.05) is 35.2 Å². The second kappa shape index (κ2) is 10.1. The van der Waals surface area contributed by atoms with E-state index in [1.165, 1.54) is 35.2 Å². The van der Waals surface area contributed by atoms with Gasteiger partial charge in [0.25, 0.3) is 6.48 Å².